The molecule has 0 aliphatic rings. The van der Waals surface area contributed by atoms with Crippen molar-refractivity contribution in [2.24, 2.45) is 0 Å². The molecule has 16 heavy (non-hydrogen) atoms. The van der Waals surface area contributed by atoms with Crippen LogP contribution in [0.25, 0.3) is 0 Å². The summed E-state index contributed by atoms with van der Waals surface area (Å²) in [6.45, 7) is 1.87. The van der Waals surface area contributed by atoms with E-state index in [2.05, 4.69) is 0 Å². The SMILES string of the molecule is CCc1c(N)c(C(=O)O)cc(OC)c1OC. The van der Waals surface area contributed by atoms with Crippen LogP contribution in [0.4, 0.5) is 5.69 Å². The van der Waals surface area contributed by atoms with Crippen molar-refractivity contribution >= 4 is 11.7 Å². The van der Waals surface area contributed by atoms with Crippen molar-refractivity contribution in [3.05, 3.63) is 17.2 Å². The molecule has 1 aromatic carbocycles. The number of carbonyl (C=O) groups is 1. The average molecular weight is 225 g/mol. The lowest BCUT2D eigenvalue weighted by atomic mass is 10.0. The van der Waals surface area contributed by atoms with Gasteiger partial charge in [0.1, 0.15) is 0 Å². The first-order chi connectivity index (χ1) is 7.56. The Morgan fingerprint density at radius 1 is 1.44 bits per heavy atom. The minimum absolute atomic E-state index is 0.0366. The predicted octanol–water partition coefficient (Wildman–Crippen LogP) is 1.55. The highest BCUT2D eigenvalue weighted by Crippen LogP contribution is 2.37. The molecular formula is C11H15NO4. The molecule has 3 N–H and O–H groups in total. The van der Waals surface area contributed by atoms with Crippen LogP contribution in [-0.2, 0) is 6.42 Å². The molecule has 0 fully saturated rings. The Labute approximate surface area is 93.8 Å². The van der Waals surface area contributed by atoms with Crippen LogP contribution >= 0.6 is 0 Å². The van der Waals surface area contributed by atoms with Gasteiger partial charge in [0, 0.05) is 11.6 Å². The number of hydrogen-bond donors (Lipinski definition) is 2. The Kier molecular flexibility index (Phi) is 3.60. The smallest absolute Gasteiger partial charge is 0.337 e. The van der Waals surface area contributed by atoms with Crippen molar-refractivity contribution in [1.29, 1.82) is 0 Å². The van der Waals surface area contributed by atoms with Gasteiger partial charge in [-0.25, -0.2) is 4.79 Å². The second kappa shape index (κ2) is 4.74. The fourth-order valence-electron chi connectivity index (χ4n) is 1.61. The zero-order chi connectivity index (χ0) is 12.3. The lowest BCUT2D eigenvalue weighted by Crippen LogP contribution is -2.08. The highest BCUT2D eigenvalue weighted by molar-refractivity contribution is 5.96. The maximum atomic E-state index is 11.0. The van der Waals surface area contributed by atoms with Gasteiger partial charge < -0.3 is 20.3 Å². The van der Waals surface area contributed by atoms with Gasteiger partial charge in [-0.05, 0) is 6.42 Å². The molecular weight excluding hydrogens is 210 g/mol. The maximum Gasteiger partial charge on any atom is 0.337 e. The molecule has 0 amide bonds. The Hall–Kier alpha value is -1.91. The second-order valence-corrected chi connectivity index (χ2v) is 3.21. The standard InChI is InChI=1S/C11H15NO4/c1-4-6-9(12)7(11(13)14)5-8(15-2)10(6)16-3/h5H,4,12H2,1-3H3,(H,13,14). The number of rotatable bonds is 4. The van der Waals surface area contributed by atoms with Crippen LogP contribution in [0.2, 0.25) is 0 Å². The van der Waals surface area contributed by atoms with E-state index in [1.807, 2.05) is 6.92 Å². The van der Waals surface area contributed by atoms with Crippen LogP contribution in [0.5, 0.6) is 11.5 Å². The van der Waals surface area contributed by atoms with Gasteiger partial charge in [0.2, 0.25) is 0 Å². The Morgan fingerprint density at radius 3 is 2.44 bits per heavy atom. The first kappa shape index (κ1) is 12.2. The van der Waals surface area contributed by atoms with Crippen molar-refractivity contribution in [2.45, 2.75) is 13.3 Å². The lowest BCUT2D eigenvalue weighted by molar-refractivity contribution is 0.0697. The number of carboxylic acids is 1. The number of carboxylic acid groups (broad SMARTS) is 1. The third-order valence-electron chi connectivity index (χ3n) is 2.40. The number of ether oxygens (including phenoxy) is 2. The largest absolute Gasteiger partial charge is 0.493 e. The van der Waals surface area contributed by atoms with Gasteiger partial charge in [-0.1, -0.05) is 6.92 Å². The van der Waals surface area contributed by atoms with E-state index in [1.54, 1.807) is 0 Å². The van der Waals surface area contributed by atoms with Crippen molar-refractivity contribution in [3.63, 3.8) is 0 Å². The molecule has 0 aliphatic heterocycles. The summed E-state index contributed by atoms with van der Waals surface area (Å²) in [6, 6.07) is 1.37. The monoisotopic (exact) mass is 225 g/mol. The lowest BCUT2D eigenvalue weighted by Gasteiger charge is -2.15. The van der Waals surface area contributed by atoms with E-state index in [0.29, 0.717) is 23.5 Å². The Morgan fingerprint density at radius 2 is 2.06 bits per heavy atom. The second-order valence-electron chi connectivity index (χ2n) is 3.21. The van der Waals surface area contributed by atoms with Crippen molar-refractivity contribution < 1.29 is 19.4 Å². The van der Waals surface area contributed by atoms with Crippen LogP contribution in [-0.4, -0.2) is 25.3 Å². The van der Waals surface area contributed by atoms with Crippen LogP contribution in [0, 0.1) is 0 Å². The number of hydrogen-bond acceptors (Lipinski definition) is 4. The van der Waals surface area contributed by atoms with E-state index in [4.69, 9.17) is 20.3 Å². The highest BCUT2D eigenvalue weighted by Gasteiger charge is 2.19. The number of anilines is 1. The number of nitrogen functional groups attached to an aromatic ring is 1. The summed E-state index contributed by atoms with van der Waals surface area (Å²) in [4.78, 5) is 11.0. The molecule has 0 unspecified atom stereocenters. The molecule has 88 valence electrons. The number of nitrogens with two attached hydrogens (primary N) is 1. The summed E-state index contributed by atoms with van der Waals surface area (Å²) in [5.74, 6) is -0.202. The van der Waals surface area contributed by atoms with Crippen molar-refractivity contribution in [2.75, 3.05) is 20.0 Å². The Balaban J connectivity index is 3.54. The van der Waals surface area contributed by atoms with E-state index in [9.17, 15) is 4.79 Å². The zero-order valence-electron chi connectivity index (χ0n) is 9.53. The van der Waals surface area contributed by atoms with Gasteiger partial charge in [0.05, 0.1) is 25.5 Å². The summed E-state index contributed by atoms with van der Waals surface area (Å²) in [7, 11) is 2.95. The van der Waals surface area contributed by atoms with Gasteiger partial charge in [-0.2, -0.15) is 0 Å². The van der Waals surface area contributed by atoms with Gasteiger partial charge in [-0.15, -0.1) is 0 Å². The molecule has 0 saturated heterocycles. The summed E-state index contributed by atoms with van der Waals surface area (Å²) < 4.78 is 10.3. The third kappa shape index (κ3) is 1.88. The first-order valence-electron chi connectivity index (χ1n) is 4.83. The molecule has 1 aromatic rings. The molecule has 5 nitrogen and oxygen atoms in total. The third-order valence-corrected chi connectivity index (χ3v) is 2.40. The molecule has 0 atom stereocenters. The van der Waals surface area contributed by atoms with E-state index >= 15 is 0 Å². The van der Waals surface area contributed by atoms with Crippen LogP contribution in [0.3, 0.4) is 0 Å². The predicted molar refractivity (Wildman–Crippen MR) is 60.3 cm³/mol. The van der Waals surface area contributed by atoms with Gasteiger partial charge in [0.25, 0.3) is 0 Å². The molecule has 0 aromatic heterocycles. The normalized spacial score (nSPS) is 9.94. The average Bonchev–Trinajstić information content (AvgIpc) is 2.27. The summed E-state index contributed by atoms with van der Waals surface area (Å²) in [5.41, 5.74) is 6.70. The van der Waals surface area contributed by atoms with Crippen LogP contribution in [0.15, 0.2) is 6.07 Å². The molecule has 5 heteroatoms. The molecule has 0 aliphatic carbocycles. The van der Waals surface area contributed by atoms with E-state index < -0.39 is 5.97 Å². The van der Waals surface area contributed by atoms with Crippen LogP contribution in [0.1, 0.15) is 22.8 Å². The molecule has 0 heterocycles. The molecule has 0 radical (unpaired) electrons. The fourth-order valence-corrected chi connectivity index (χ4v) is 1.61. The quantitative estimate of drug-likeness (QED) is 0.760. The number of benzene rings is 1. The van der Waals surface area contributed by atoms with E-state index in [0.717, 1.165) is 0 Å². The summed E-state index contributed by atoms with van der Waals surface area (Å²) >= 11 is 0. The fraction of sp³-hybridized carbons (Fsp3) is 0.364. The van der Waals surface area contributed by atoms with Gasteiger partial charge in [0.15, 0.2) is 11.5 Å². The van der Waals surface area contributed by atoms with E-state index in [-0.39, 0.29) is 11.3 Å². The zero-order valence-corrected chi connectivity index (χ0v) is 9.53. The topological polar surface area (TPSA) is 81.8 Å². The minimum Gasteiger partial charge on any atom is -0.493 e. The minimum atomic E-state index is -1.08. The van der Waals surface area contributed by atoms with Gasteiger partial charge >= 0.3 is 5.97 Å². The van der Waals surface area contributed by atoms with Gasteiger partial charge in [-0.3, -0.25) is 0 Å². The maximum absolute atomic E-state index is 11.0. The van der Waals surface area contributed by atoms with Crippen molar-refractivity contribution in [1.82, 2.24) is 0 Å². The molecule has 1 rings (SSSR count). The van der Waals surface area contributed by atoms with Crippen LogP contribution < -0.4 is 15.2 Å². The molecule has 0 spiro atoms. The summed E-state index contributed by atoms with van der Waals surface area (Å²) in [6.07, 6.45) is 0.576. The van der Waals surface area contributed by atoms with Crippen molar-refractivity contribution in [3.8, 4) is 11.5 Å². The number of aromatic carboxylic acids is 1. The molecule has 0 saturated carbocycles. The number of methoxy groups -OCH3 is 2. The Bertz CT molecular complexity index is 415. The molecule has 0 bridgehead atoms. The highest BCUT2D eigenvalue weighted by atomic mass is 16.5. The summed E-state index contributed by atoms with van der Waals surface area (Å²) in [5, 5.41) is 8.99. The first-order valence-corrected chi connectivity index (χ1v) is 4.83. The van der Waals surface area contributed by atoms with E-state index in [1.165, 1.54) is 20.3 Å².